The summed E-state index contributed by atoms with van der Waals surface area (Å²) >= 11 is 0. The van der Waals surface area contributed by atoms with Gasteiger partial charge in [-0.25, -0.2) is 4.79 Å². The van der Waals surface area contributed by atoms with Gasteiger partial charge >= 0.3 is 11.9 Å². The van der Waals surface area contributed by atoms with Crippen LogP contribution in [0.2, 0.25) is 0 Å². The zero-order chi connectivity index (χ0) is 16.0. The molecule has 0 heterocycles. The molecule has 0 bridgehead atoms. The van der Waals surface area contributed by atoms with E-state index < -0.39 is 30.3 Å². The molecule has 7 heteroatoms. The van der Waals surface area contributed by atoms with E-state index in [1.165, 1.54) is 0 Å². The van der Waals surface area contributed by atoms with Crippen molar-refractivity contribution in [3.8, 4) is 0 Å². The van der Waals surface area contributed by atoms with Gasteiger partial charge < -0.3 is 20.4 Å². The standard InChI is InChI=1S/C14H18N2O5/c1-16(2)8-9-3-5-10(6-4-9)13(19)15-11(14(20)21)7-12(17)18/h3-6,11H,7-8H2,1-2H3,(H,15,19)(H,17,18)(H,20,21)/t11-/m1/s1. The van der Waals surface area contributed by atoms with E-state index in [1.807, 2.05) is 19.0 Å². The van der Waals surface area contributed by atoms with Crippen molar-refractivity contribution in [3.63, 3.8) is 0 Å². The van der Waals surface area contributed by atoms with Gasteiger partial charge in [0.05, 0.1) is 6.42 Å². The van der Waals surface area contributed by atoms with Crippen molar-refractivity contribution in [2.45, 2.75) is 19.0 Å². The Morgan fingerprint density at radius 1 is 1.14 bits per heavy atom. The number of carbonyl (C=O) groups excluding carboxylic acids is 1. The maximum atomic E-state index is 11.9. The number of rotatable bonds is 7. The van der Waals surface area contributed by atoms with Crippen LogP contribution in [0.15, 0.2) is 24.3 Å². The van der Waals surface area contributed by atoms with E-state index in [9.17, 15) is 14.4 Å². The molecule has 0 spiro atoms. The summed E-state index contributed by atoms with van der Waals surface area (Å²) in [7, 11) is 3.84. The van der Waals surface area contributed by atoms with Gasteiger partial charge in [-0.1, -0.05) is 12.1 Å². The number of carboxylic acid groups (broad SMARTS) is 2. The number of nitrogens with one attached hydrogen (secondary N) is 1. The van der Waals surface area contributed by atoms with E-state index in [0.29, 0.717) is 0 Å². The second kappa shape index (κ2) is 7.39. The fraction of sp³-hybridized carbons (Fsp3) is 0.357. The molecule has 1 aromatic carbocycles. The highest BCUT2D eigenvalue weighted by Gasteiger charge is 2.23. The number of carbonyl (C=O) groups is 3. The molecule has 0 saturated carbocycles. The van der Waals surface area contributed by atoms with E-state index in [1.54, 1.807) is 24.3 Å². The van der Waals surface area contributed by atoms with E-state index in [4.69, 9.17) is 10.2 Å². The molecule has 0 saturated heterocycles. The molecule has 1 rings (SSSR count). The molecule has 0 radical (unpaired) electrons. The molecular weight excluding hydrogens is 276 g/mol. The number of benzene rings is 1. The highest BCUT2D eigenvalue weighted by molar-refractivity contribution is 5.97. The van der Waals surface area contributed by atoms with Gasteiger partial charge in [-0.15, -0.1) is 0 Å². The lowest BCUT2D eigenvalue weighted by Gasteiger charge is -2.13. The van der Waals surface area contributed by atoms with Crippen LogP contribution in [0.25, 0.3) is 0 Å². The van der Waals surface area contributed by atoms with Gasteiger partial charge in [0.2, 0.25) is 0 Å². The third-order valence-corrected chi connectivity index (χ3v) is 2.70. The Morgan fingerprint density at radius 3 is 2.14 bits per heavy atom. The second-order valence-corrected chi connectivity index (χ2v) is 4.90. The number of hydrogen-bond acceptors (Lipinski definition) is 4. The van der Waals surface area contributed by atoms with E-state index in [0.717, 1.165) is 12.1 Å². The Morgan fingerprint density at radius 2 is 1.71 bits per heavy atom. The van der Waals surface area contributed by atoms with Crippen molar-refractivity contribution >= 4 is 17.8 Å². The molecule has 0 aliphatic rings. The van der Waals surface area contributed by atoms with Crippen molar-refractivity contribution in [2.75, 3.05) is 14.1 Å². The molecule has 1 aromatic rings. The first-order chi connectivity index (χ1) is 9.79. The lowest BCUT2D eigenvalue weighted by molar-refractivity contribution is -0.145. The van der Waals surface area contributed by atoms with Gasteiger partial charge in [0, 0.05) is 12.1 Å². The summed E-state index contributed by atoms with van der Waals surface area (Å²) in [5.74, 6) is -3.28. The molecular formula is C14H18N2O5. The normalized spacial score (nSPS) is 12.0. The summed E-state index contributed by atoms with van der Waals surface area (Å²) in [5, 5.41) is 19.7. The van der Waals surface area contributed by atoms with Crippen LogP contribution in [0.3, 0.4) is 0 Å². The molecule has 0 fully saturated rings. The van der Waals surface area contributed by atoms with E-state index in [-0.39, 0.29) is 5.56 Å². The van der Waals surface area contributed by atoms with Gasteiger partial charge in [-0.2, -0.15) is 0 Å². The third-order valence-electron chi connectivity index (χ3n) is 2.70. The van der Waals surface area contributed by atoms with Crippen LogP contribution in [0.5, 0.6) is 0 Å². The number of nitrogens with zero attached hydrogens (tertiary/aromatic N) is 1. The Labute approximate surface area is 122 Å². The van der Waals surface area contributed by atoms with E-state index in [2.05, 4.69) is 5.32 Å². The number of carboxylic acids is 2. The van der Waals surface area contributed by atoms with E-state index >= 15 is 0 Å². The van der Waals surface area contributed by atoms with Gasteiger partial charge in [0.25, 0.3) is 5.91 Å². The molecule has 1 amide bonds. The first kappa shape index (κ1) is 16.6. The minimum absolute atomic E-state index is 0.286. The van der Waals surface area contributed by atoms with Crippen LogP contribution in [-0.2, 0) is 16.1 Å². The van der Waals surface area contributed by atoms with Crippen molar-refractivity contribution < 1.29 is 24.6 Å². The Hall–Kier alpha value is -2.41. The molecule has 114 valence electrons. The average Bonchev–Trinajstić information content (AvgIpc) is 2.37. The molecule has 3 N–H and O–H groups in total. The van der Waals surface area contributed by atoms with Crippen molar-refractivity contribution in [1.29, 1.82) is 0 Å². The van der Waals surface area contributed by atoms with Crippen LogP contribution >= 0.6 is 0 Å². The van der Waals surface area contributed by atoms with Crippen LogP contribution in [0.1, 0.15) is 22.3 Å². The topological polar surface area (TPSA) is 107 Å². The Bertz CT molecular complexity index is 525. The SMILES string of the molecule is CN(C)Cc1ccc(C(=O)N[C@H](CC(=O)O)C(=O)O)cc1. The maximum absolute atomic E-state index is 11.9. The lowest BCUT2D eigenvalue weighted by Crippen LogP contribution is -2.42. The van der Waals surface area contributed by atoms with Gasteiger partial charge in [-0.3, -0.25) is 9.59 Å². The van der Waals surface area contributed by atoms with Crippen LogP contribution in [0, 0.1) is 0 Å². The summed E-state index contributed by atoms with van der Waals surface area (Å²) in [6.07, 6.45) is -0.667. The molecule has 0 aromatic heterocycles. The maximum Gasteiger partial charge on any atom is 0.326 e. The molecule has 0 aliphatic carbocycles. The minimum Gasteiger partial charge on any atom is -0.481 e. The summed E-state index contributed by atoms with van der Waals surface area (Å²) < 4.78 is 0. The van der Waals surface area contributed by atoms with Crippen LogP contribution in [0.4, 0.5) is 0 Å². The zero-order valence-corrected chi connectivity index (χ0v) is 11.9. The molecule has 21 heavy (non-hydrogen) atoms. The number of hydrogen-bond donors (Lipinski definition) is 3. The van der Waals surface area contributed by atoms with Gasteiger partial charge in [0.15, 0.2) is 0 Å². The summed E-state index contributed by atoms with van der Waals surface area (Å²) in [5.41, 5.74) is 1.30. The smallest absolute Gasteiger partial charge is 0.326 e. The predicted octanol–water partition coefficient (Wildman–Crippen LogP) is 0.406. The molecule has 0 unspecified atom stereocenters. The van der Waals surface area contributed by atoms with Crippen LogP contribution in [-0.4, -0.2) is 53.1 Å². The highest BCUT2D eigenvalue weighted by Crippen LogP contribution is 2.07. The Balaban J connectivity index is 2.73. The first-order valence-corrected chi connectivity index (χ1v) is 6.28. The molecule has 0 aliphatic heterocycles. The lowest BCUT2D eigenvalue weighted by atomic mass is 10.1. The quantitative estimate of drug-likeness (QED) is 0.672. The highest BCUT2D eigenvalue weighted by atomic mass is 16.4. The van der Waals surface area contributed by atoms with Crippen molar-refractivity contribution in [2.24, 2.45) is 0 Å². The van der Waals surface area contributed by atoms with Crippen LogP contribution < -0.4 is 5.32 Å². The predicted molar refractivity (Wildman–Crippen MR) is 75.0 cm³/mol. The fourth-order valence-electron chi connectivity index (χ4n) is 1.74. The number of aliphatic carboxylic acids is 2. The molecule has 1 atom stereocenters. The second-order valence-electron chi connectivity index (χ2n) is 4.90. The fourth-order valence-corrected chi connectivity index (χ4v) is 1.74. The van der Waals surface area contributed by atoms with Gasteiger partial charge in [-0.05, 0) is 31.8 Å². The largest absolute Gasteiger partial charge is 0.481 e. The average molecular weight is 294 g/mol. The number of amides is 1. The third kappa shape index (κ3) is 5.62. The Kier molecular flexibility index (Phi) is 5.86. The monoisotopic (exact) mass is 294 g/mol. The summed E-state index contributed by atoms with van der Waals surface area (Å²) in [4.78, 5) is 35.3. The van der Waals surface area contributed by atoms with Crippen molar-refractivity contribution in [1.82, 2.24) is 10.2 Å². The molecule has 7 nitrogen and oxygen atoms in total. The summed E-state index contributed by atoms with van der Waals surface area (Å²) in [6, 6.07) is 5.24. The van der Waals surface area contributed by atoms with Gasteiger partial charge in [0.1, 0.15) is 6.04 Å². The zero-order valence-electron chi connectivity index (χ0n) is 11.9. The summed E-state index contributed by atoms with van der Waals surface area (Å²) in [6.45, 7) is 0.721. The van der Waals surface area contributed by atoms with Crippen molar-refractivity contribution in [3.05, 3.63) is 35.4 Å². The minimum atomic E-state index is -1.45. The first-order valence-electron chi connectivity index (χ1n) is 6.28.